The fraction of sp³-hybridized carbons (Fsp3) is 0.875. The van der Waals surface area contributed by atoms with Crippen molar-refractivity contribution in [3.8, 4) is 0 Å². The normalized spacial score (nSPS) is 26.2. The fourth-order valence-electron chi connectivity index (χ4n) is 9.18. The minimum absolute atomic E-state index is 0.258. The summed E-state index contributed by atoms with van der Waals surface area (Å²) in [4.78, 5) is 13.2. The van der Waals surface area contributed by atoms with Crippen molar-refractivity contribution in [1.29, 1.82) is 0 Å². The zero-order chi connectivity index (χ0) is 51.0. The van der Waals surface area contributed by atoms with Crippen LogP contribution in [0.2, 0.25) is 0 Å². The van der Waals surface area contributed by atoms with E-state index in [0.717, 1.165) is 51.4 Å². The molecule has 0 aliphatic carbocycles. The van der Waals surface area contributed by atoms with Crippen molar-refractivity contribution in [3.05, 3.63) is 36.5 Å². The molecular formula is C56H103NO13. The molecule has 0 aromatic heterocycles. The summed E-state index contributed by atoms with van der Waals surface area (Å²) in [7, 11) is 0. The van der Waals surface area contributed by atoms with Gasteiger partial charge < -0.3 is 65.1 Å². The molecule has 0 saturated carbocycles. The second kappa shape index (κ2) is 42.6. The van der Waals surface area contributed by atoms with Crippen molar-refractivity contribution < 1.29 is 64.6 Å². The minimum Gasteiger partial charge on any atom is -0.394 e. The monoisotopic (exact) mass is 998 g/mol. The van der Waals surface area contributed by atoms with Crippen LogP contribution < -0.4 is 5.32 Å². The second-order valence-electron chi connectivity index (χ2n) is 20.1. The van der Waals surface area contributed by atoms with Crippen molar-refractivity contribution in [3.63, 3.8) is 0 Å². The molecule has 0 aromatic carbocycles. The van der Waals surface area contributed by atoms with E-state index in [0.29, 0.717) is 12.8 Å². The summed E-state index contributed by atoms with van der Waals surface area (Å²) in [5.74, 6) is -0.258. The number of carbonyl (C=O) groups excluding carboxylic acids is 1. The molecule has 14 nitrogen and oxygen atoms in total. The van der Waals surface area contributed by atoms with Gasteiger partial charge in [-0.25, -0.2) is 0 Å². The highest BCUT2D eigenvalue weighted by Gasteiger charge is 2.51. The SMILES string of the molecule is CCCCCCCC/C=C\CCCCCCCC(=O)NC(COC1OC(CO)C(OC2OC(CO)C(O)C(O)C2O)C(O)C1O)C(O)/C=C/CC/C=C/CCCCCCCCCCCCCCCCC. The number of carbonyl (C=O) groups is 1. The summed E-state index contributed by atoms with van der Waals surface area (Å²) < 4.78 is 22.7. The molecule has 410 valence electrons. The van der Waals surface area contributed by atoms with E-state index in [2.05, 4.69) is 43.5 Å². The molecule has 2 fully saturated rings. The predicted octanol–water partition coefficient (Wildman–Crippen LogP) is 8.66. The van der Waals surface area contributed by atoms with E-state index < -0.39 is 86.8 Å². The molecule has 12 atom stereocenters. The molecule has 0 bridgehead atoms. The van der Waals surface area contributed by atoms with Crippen molar-refractivity contribution in [1.82, 2.24) is 5.32 Å². The van der Waals surface area contributed by atoms with Crippen molar-refractivity contribution in [2.45, 2.75) is 293 Å². The lowest BCUT2D eigenvalue weighted by Crippen LogP contribution is -2.65. The summed E-state index contributed by atoms with van der Waals surface area (Å²) in [6.45, 7) is 2.77. The predicted molar refractivity (Wildman–Crippen MR) is 277 cm³/mol. The average molecular weight is 998 g/mol. The Labute approximate surface area is 423 Å². The second-order valence-corrected chi connectivity index (χ2v) is 20.1. The number of allylic oxidation sites excluding steroid dienone is 5. The first-order chi connectivity index (χ1) is 34.1. The Bertz CT molecular complexity index is 1320. The van der Waals surface area contributed by atoms with E-state index in [9.17, 15) is 45.6 Å². The average Bonchev–Trinajstić information content (AvgIpc) is 3.36. The molecule has 12 unspecified atom stereocenters. The summed E-state index contributed by atoms with van der Waals surface area (Å²) in [6, 6.07) is -0.934. The lowest BCUT2D eigenvalue weighted by atomic mass is 9.97. The number of hydrogen-bond donors (Lipinski definition) is 9. The van der Waals surface area contributed by atoms with E-state index in [4.69, 9.17) is 18.9 Å². The van der Waals surface area contributed by atoms with E-state index in [-0.39, 0.29) is 18.9 Å². The summed E-state index contributed by atoms with van der Waals surface area (Å²) >= 11 is 0. The van der Waals surface area contributed by atoms with Crippen LogP contribution in [0.5, 0.6) is 0 Å². The first kappa shape index (κ1) is 64.3. The molecule has 2 saturated heterocycles. The van der Waals surface area contributed by atoms with Gasteiger partial charge in [0.2, 0.25) is 5.91 Å². The number of unbranched alkanes of at least 4 members (excludes halogenated alkanes) is 27. The number of aliphatic hydroxyl groups is 8. The number of nitrogens with one attached hydrogen (secondary N) is 1. The van der Waals surface area contributed by atoms with Gasteiger partial charge >= 0.3 is 0 Å². The third-order valence-electron chi connectivity index (χ3n) is 13.8. The van der Waals surface area contributed by atoms with Crippen LogP contribution in [-0.2, 0) is 23.7 Å². The maximum Gasteiger partial charge on any atom is 0.220 e. The fourth-order valence-corrected chi connectivity index (χ4v) is 9.18. The molecule has 2 rings (SSSR count). The van der Waals surface area contributed by atoms with Gasteiger partial charge in [-0.2, -0.15) is 0 Å². The van der Waals surface area contributed by atoms with Gasteiger partial charge in [-0.3, -0.25) is 4.79 Å². The van der Waals surface area contributed by atoms with Crippen LogP contribution in [0.15, 0.2) is 36.5 Å². The molecule has 2 aliphatic heterocycles. The molecule has 2 heterocycles. The van der Waals surface area contributed by atoms with E-state index in [1.165, 1.54) is 135 Å². The Morgan fingerprint density at radius 3 is 1.40 bits per heavy atom. The minimum atomic E-state index is -1.79. The molecule has 9 N–H and O–H groups in total. The third-order valence-corrected chi connectivity index (χ3v) is 13.8. The molecule has 14 heteroatoms. The van der Waals surface area contributed by atoms with Gasteiger partial charge in [0.05, 0.1) is 32.0 Å². The third kappa shape index (κ3) is 28.6. The molecule has 2 aliphatic rings. The smallest absolute Gasteiger partial charge is 0.220 e. The van der Waals surface area contributed by atoms with Crippen LogP contribution in [0.25, 0.3) is 0 Å². The molecule has 1 amide bonds. The van der Waals surface area contributed by atoms with Crippen LogP contribution in [0.3, 0.4) is 0 Å². The molecule has 0 aromatic rings. The standard InChI is InChI=1S/C56H103NO13/c1-3-5-7-9-11-13-15-17-19-20-21-22-23-24-26-27-29-31-33-35-37-39-45(60)44(57-48(61)40-38-36-34-32-30-28-25-18-16-14-12-10-8-6-4-2)43-67-55-53(66)51(64)54(47(42-59)69-55)70-56-52(65)50(63)49(62)46(41-58)68-56/h18,25,29,31,37,39,44-47,49-56,58-60,62-66H,3-17,19-24,26-28,30,32-36,38,40-43H2,1-2H3,(H,57,61)/b25-18-,31-29+,39-37+. The zero-order valence-corrected chi connectivity index (χ0v) is 43.8. The van der Waals surface area contributed by atoms with Crippen molar-refractivity contribution >= 4 is 5.91 Å². The van der Waals surface area contributed by atoms with Gasteiger partial charge in [0.15, 0.2) is 12.6 Å². The van der Waals surface area contributed by atoms with Crippen LogP contribution in [-0.4, -0.2) is 140 Å². The Hall–Kier alpha value is -1.79. The van der Waals surface area contributed by atoms with Crippen LogP contribution >= 0.6 is 0 Å². The number of amides is 1. The maximum atomic E-state index is 13.2. The molecular weight excluding hydrogens is 895 g/mol. The van der Waals surface area contributed by atoms with Gasteiger partial charge in [-0.05, 0) is 57.8 Å². The maximum absolute atomic E-state index is 13.2. The van der Waals surface area contributed by atoms with Gasteiger partial charge in [0.25, 0.3) is 0 Å². The Kier molecular flexibility index (Phi) is 39.1. The Morgan fingerprint density at radius 1 is 0.500 bits per heavy atom. The number of rotatable bonds is 44. The van der Waals surface area contributed by atoms with Crippen LogP contribution in [0, 0.1) is 0 Å². The highest BCUT2D eigenvalue weighted by atomic mass is 16.7. The van der Waals surface area contributed by atoms with E-state index >= 15 is 0 Å². The lowest BCUT2D eigenvalue weighted by Gasteiger charge is -2.46. The Morgan fingerprint density at radius 2 is 0.914 bits per heavy atom. The van der Waals surface area contributed by atoms with Gasteiger partial charge in [-0.1, -0.05) is 192 Å². The van der Waals surface area contributed by atoms with E-state index in [1.54, 1.807) is 6.08 Å². The first-order valence-electron chi connectivity index (χ1n) is 28.2. The highest BCUT2D eigenvalue weighted by molar-refractivity contribution is 5.76. The summed E-state index contributed by atoms with van der Waals surface area (Å²) in [6.07, 6.45) is 33.3. The molecule has 70 heavy (non-hydrogen) atoms. The summed E-state index contributed by atoms with van der Waals surface area (Å²) in [5.41, 5.74) is 0. The highest BCUT2D eigenvalue weighted by Crippen LogP contribution is 2.30. The van der Waals surface area contributed by atoms with Crippen LogP contribution in [0.4, 0.5) is 0 Å². The quantitative estimate of drug-likeness (QED) is 0.0206. The first-order valence-corrected chi connectivity index (χ1v) is 28.2. The molecule has 0 spiro atoms. The zero-order valence-electron chi connectivity index (χ0n) is 43.8. The lowest BCUT2D eigenvalue weighted by molar-refractivity contribution is -0.359. The summed E-state index contributed by atoms with van der Waals surface area (Å²) in [5, 5.41) is 86.9. The Balaban J connectivity index is 1.82. The number of ether oxygens (including phenoxy) is 4. The largest absolute Gasteiger partial charge is 0.394 e. The van der Waals surface area contributed by atoms with E-state index in [1.807, 2.05) is 6.08 Å². The van der Waals surface area contributed by atoms with Crippen molar-refractivity contribution in [2.24, 2.45) is 0 Å². The van der Waals surface area contributed by atoms with Crippen LogP contribution in [0.1, 0.15) is 219 Å². The number of hydrogen-bond acceptors (Lipinski definition) is 13. The van der Waals surface area contributed by atoms with Crippen molar-refractivity contribution in [2.75, 3.05) is 19.8 Å². The number of aliphatic hydroxyl groups excluding tert-OH is 8. The van der Waals surface area contributed by atoms with Gasteiger partial charge in [0, 0.05) is 6.42 Å². The van der Waals surface area contributed by atoms with Gasteiger partial charge in [-0.15, -0.1) is 0 Å². The van der Waals surface area contributed by atoms with Gasteiger partial charge in [0.1, 0.15) is 48.8 Å². The topological polar surface area (TPSA) is 228 Å². The molecule has 0 radical (unpaired) electrons.